The predicted octanol–water partition coefficient (Wildman–Crippen LogP) is 1.08. The van der Waals surface area contributed by atoms with Crippen molar-refractivity contribution in [1.29, 1.82) is 0 Å². The molecular weight excluding hydrogens is 438 g/mol. The molecule has 0 aromatic heterocycles. The van der Waals surface area contributed by atoms with Crippen molar-refractivity contribution >= 4 is 0 Å². The molecule has 0 N–H and O–H groups in total. The van der Waals surface area contributed by atoms with Gasteiger partial charge < -0.3 is 42.6 Å². The van der Waals surface area contributed by atoms with E-state index in [9.17, 15) is 0 Å². The van der Waals surface area contributed by atoms with E-state index in [1.165, 1.54) is 0 Å². The van der Waals surface area contributed by atoms with Crippen LogP contribution in [-0.2, 0) is 42.6 Å². The van der Waals surface area contributed by atoms with Crippen molar-refractivity contribution in [2.75, 3.05) is 125 Å². The summed E-state index contributed by atoms with van der Waals surface area (Å²) in [5.41, 5.74) is 8.10. The van der Waals surface area contributed by atoms with E-state index in [1.807, 2.05) is 0 Å². The highest BCUT2D eigenvalue weighted by molar-refractivity contribution is 4.82. The van der Waals surface area contributed by atoms with Gasteiger partial charge in [0.15, 0.2) is 0 Å². The summed E-state index contributed by atoms with van der Waals surface area (Å²) in [7, 11) is 0. The third kappa shape index (κ3) is 30.5. The van der Waals surface area contributed by atoms with Crippen molar-refractivity contribution < 1.29 is 42.6 Å². The Kier molecular flexibility index (Phi) is 29.1. The van der Waals surface area contributed by atoms with Gasteiger partial charge in [-0.05, 0) is 5.53 Å². The van der Waals surface area contributed by atoms with Gasteiger partial charge in [-0.15, -0.1) is 6.42 Å². The van der Waals surface area contributed by atoms with Crippen LogP contribution in [-0.4, -0.2) is 125 Å². The Morgan fingerprint density at radius 2 is 0.758 bits per heavy atom. The van der Waals surface area contributed by atoms with Gasteiger partial charge in [0.05, 0.1) is 112 Å². The van der Waals surface area contributed by atoms with Crippen LogP contribution in [0.1, 0.15) is 0 Å². The van der Waals surface area contributed by atoms with Crippen LogP contribution in [0.5, 0.6) is 0 Å². The molecule has 0 aliphatic heterocycles. The molecular formula is C21H39N3O9. The molecule has 0 rings (SSSR count). The fourth-order valence-corrected chi connectivity index (χ4v) is 2.04. The SMILES string of the molecule is C#CCOCCOCCOCCOCCOCCOCCOCCOCCOCCN=[N+]=[N-]. The molecule has 0 aromatic carbocycles. The minimum Gasteiger partial charge on any atom is -0.379 e. The van der Waals surface area contributed by atoms with Gasteiger partial charge in [-0.1, -0.05) is 11.0 Å². The number of rotatable bonds is 28. The zero-order valence-corrected chi connectivity index (χ0v) is 19.5. The van der Waals surface area contributed by atoms with E-state index < -0.39 is 0 Å². The number of azide groups is 1. The first-order chi connectivity index (χ1) is 16.4. The summed E-state index contributed by atoms with van der Waals surface area (Å²) >= 11 is 0. The summed E-state index contributed by atoms with van der Waals surface area (Å²) < 4.78 is 47.9. The lowest BCUT2D eigenvalue weighted by Crippen LogP contribution is -2.15. The van der Waals surface area contributed by atoms with E-state index in [0.29, 0.717) is 125 Å². The van der Waals surface area contributed by atoms with E-state index in [-0.39, 0.29) is 0 Å². The third-order valence-electron chi connectivity index (χ3n) is 3.56. The van der Waals surface area contributed by atoms with Crippen LogP contribution in [0.4, 0.5) is 0 Å². The second-order valence-corrected chi connectivity index (χ2v) is 6.11. The minimum absolute atomic E-state index is 0.307. The molecule has 12 nitrogen and oxygen atoms in total. The summed E-state index contributed by atoms with van der Waals surface area (Å²) in [5, 5.41) is 3.36. The van der Waals surface area contributed by atoms with Crippen LogP contribution in [0.2, 0.25) is 0 Å². The molecule has 0 radical (unpaired) electrons. The van der Waals surface area contributed by atoms with E-state index >= 15 is 0 Å². The quantitative estimate of drug-likeness (QED) is 0.0534. The molecule has 0 aromatic rings. The second-order valence-electron chi connectivity index (χ2n) is 6.11. The normalized spacial score (nSPS) is 10.8. The molecule has 0 saturated carbocycles. The van der Waals surface area contributed by atoms with Crippen molar-refractivity contribution in [3.63, 3.8) is 0 Å². The molecule has 0 heterocycles. The Morgan fingerprint density at radius 3 is 1.03 bits per heavy atom. The zero-order valence-electron chi connectivity index (χ0n) is 19.5. The highest BCUT2D eigenvalue weighted by atomic mass is 16.6. The average molecular weight is 478 g/mol. The highest BCUT2D eigenvalue weighted by Gasteiger charge is 1.95. The third-order valence-corrected chi connectivity index (χ3v) is 3.56. The highest BCUT2D eigenvalue weighted by Crippen LogP contribution is 1.86. The van der Waals surface area contributed by atoms with Gasteiger partial charge in [-0.25, -0.2) is 0 Å². The first-order valence-electron chi connectivity index (χ1n) is 11.1. The number of hydrogen-bond donors (Lipinski definition) is 0. The van der Waals surface area contributed by atoms with Crippen LogP contribution in [0.15, 0.2) is 5.11 Å². The number of ether oxygens (including phenoxy) is 9. The first kappa shape index (κ1) is 31.5. The lowest BCUT2D eigenvalue weighted by atomic mass is 10.6. The maximum atomic E-state index is 8.10. The van der Waals surface area contributed by atoms with E-state index in [4.69, 9.17) is 54.6 Å². The maximum absolute atomic E-state index is 8.10. The lowest BCUT2D eigenvalue weighted by Gasteiger charge is -2.08. The smallest absolute Gasteiger partial charge is 0.107 e. The molecule has 12 heteroatoms. The largest absolute Gasteiger partial charge is 0.379 e. The zero-order chi connectivity index (χ0) is 23.9. The molecule has 0 aliphatic carbocycles. The van der Waals surface area contributed by atoms with Crippen LogP contribution in [0.25, 0.3) is 10.4 Å². The fourth-order valence-electron chi connectivity index (χ4n) is 2.04. The van der Waals surface area contributed by atoms with Crippen molar-refractivity contribution in [3.05, 3.63) is 10.4 Å². The average Bonchev–Trinajstić information content (AvgIpc) is 2.83. The van der Waals surface area contributed by atoms with Gasteiger partial charge in [0.25, 0.3) is 0 Å². The lowest BCUT2D eigenvalue weighted by molar-refractivity contribution is -0.0244. The predicted molar refractivity (Wildman–Crippen MR) is 120 cm³/mol. The maximum Gasteiger partial charge on any atom is 0.107 e. The Hall–Kier alpha value is -1.49. The van der Waals surface area contributed by atoms with Crippen molar-refractivity contribution in [2.24, 2.45) is 5.11 Å². The molecule has 33 heavy (non-hydrogen) atoms. The molecule has 0 aliphatic rings. The van der Waals surface area contributed by atoms with E-state index in [2.05, 4.69) is 15.9 Å². The summed E-state index contributed by atoms with van der Waals surface area (Å²) in [4.78, 5) is 2.63. The first-order valence-corrected chi connectivity index (χ1v) is 11.1. The monoisotopic (exact) mass is 477 g/mol. The van der Waals surface area contributed by atoms with Gasteiger partial charge in [-0.3, -0.25) is 0 Å². The van der Waals surface area contributed by atoms with Gasteiger partial charge in [0.2, 0.25) is 0 Å². The number of nitrogens with zero attached hydrogens (tertiary/aromatic N) is 3. The van der Waals surface area contributed by atoms with Crippen molar-refractivity contribution in [1.82, 2.24) is 0 Å². The van der Waals surface area contributed by atoms with Gasteiger partial charge in [-0.2, -0.15) is 0 Å². The second kappa shape index (κ2) is 30.5. The molecule has 0 amide bonds. The molecule has 0 spiro atoms. The molecule has 0 unspecified atom stereocenters. The topological polar surface area (TPSA) is 132 Å². The van der Waals surface area contributed by atoms with Crippen LogP contribution < -0.4 is 0 Å². The Bertz CT molecular complexity index is 474. The number of hydrogen-bond acceptors (Lipinski definition) is 10. The van der Waals surface area contributed by atoms with E-state index in [1.54, 1.807) is 0 Å². The fraction of sp³-hybridized carbons (Fsp3) is 0.905. The Balaban J connectivity index is 3.01. The molecule has 0 fully saturated rings. The minimum atomic E-state index is 0.307. The van der Waals surface area contributed by atoms with Gasteiger partial charge in [0, 0.05) is 11.5 Å². The van der Waals surface area contributed by atoms with Gasteiger partial charge in [0.1, 0.15) is 6.61 Å². The molecule has 0 atom stereocenters. The van der Waals surface area contributed by atoms with Crippen molar-refractivity contribution in [3.8, 4) is 12.3 Å². The molecule has 192 valence electrons. The Labute approximate surface area is 196 Å². The van der Waals surface area contributed by atoms with Crippen LogP contribution in [0.3, 0.4) is 0 Å². The summed E-state index contributed by atoms with van der Waals surface area (Å²) in [6.07, 6.45) is 5.06. The summed E-state index contributed by atoms with van der Waals surface area (Å²) in [6.45, 7) is 9.03. The summed E-state index contributed by atoms with van der Waals surface area (Å²) in [5.74, 6) is 2.39. The van der Waals surface area contributed by atoms with E-state index in [0.717, 1.165) is 0 Å². The standard InChI is InChI=1S/C21H39N3O9/c1-2-4-25-6-8-27-10-12-29-14-16-31-18-20-33-21-19-32-17-15-30-13-11-28-9-7-26-5-3-23-24-22/h1H,3-21H2. The number of terminal acetylenes is 1. The van der Waals surface area contributed by atoms with Crippen molar-refractivity contribution in [2.45, 2.75) is 0 Å². The van der Waals surface area contributed by atoms with Crippen LogP contribution >= 0.6 is 0 Å². The molecule has 0 saturated heterocycles. The molecule has 0 bridgehead atoms. The van der Waals surface area contributed by atoms with Gasteiger partial charge >= 0.3 is 0 Å². The van der Waals surface area contributed by atoms with Crippen LogP contribution in [0, 0.1) is 12.3 Å². The summed E-state index contributed by atoms with van der Waals surface area (Å²) in [6, 6.07) is 0. The Morgan fingerprint density at radius 1 is 0.485 bits per heavy atom.